The fraction of sp³-hybridized carbons (Fsp3) is 0.286. The zero-order chi connectivity index (χ0) is 19.7. The molecule has 0 aliphatic rings. The largest absolute Gasteiger partial charge is 0.345 e. The molecule has 0 saturated carbocycles. The van der Waals surface area contributed by atoms with Crippen LogP contribution in [0.15, 0.2) is 52.1 Å². The maximum Gasteiger partial charge on any atom is 0.232 e. The second-order valence-electron chi connectivity index (χ2n) is 6.77. The molecule has 1 amide bonds. The van der Waals surface area contributed by atoms with Crippen molar-refractivity contribution in [2.24, 2.45) is 0 Å². The molecule has 4 rings (SSSR count). The van der Waals surface area contributed by atoms with Crippen molar-refractivity contribution < 1.29 is 4.79 Å². The van der Waals surface area contributed by atoms with E-state index in [9.17, 15) is 4.79 Å². The van der Waals surface area contributed by atoms with Crippen LogP contribution in [0.25, 0.3) is 27.6 Å². The lowest BCUT2D eigenvalue weighted by Gasteiger charge is -2.16. The predicted octanol–water partition coefficient (Wildman–Crippen LogP) is 5.15. The lowest BCUT2D eigenvalue weighted by molar-refractivity contribution is -0.127. The Morgan fingerprint density at radius 3 is 2.82 bits per heavy atom. The highest BCUT2D eigenvalue weighted by atomic mass is 79.9. The fourth-order valence-corrected chi connectivity index (χ4v) is 4.50. The molecular formula is C21H21BrN4OS. The van der Waals surface area contributed by atoms with Gasteiger partial charge in [0.15, 0.2) is 5.16 Å². The fourth-order valence-electron chi connectivity index (χ4n) is 3.19. The Bertz CT molecular complexity index is 1170. The van der Waals surface area contributed by atoms with Gasteiger partial charge in [0.25, 0.3) is 0 Å². The van der Waals surface area contributed by atoms with Crippen LogP contribution < -0.4 is 0 Å². The van der Waals surface area contributed by atoms with Gasteiger partial charge in [-0.15, -0.1) is 0 Å². The molecular weight excluding hydrogens is 436 g/mol. The van der Waals surface area contributed by atoms with Gasteiger partial charge in [-0.1, -0.05) is 53.2 Å². The molecule has 0 saturated heterocycles. The van der Waals surface area contributed by atoms with Crippen LogP contribution in [0, 0.1) is 0 Å². The normalized spacial score (nSPS) is 11.5. The molecule has 0 aliphatic carbocycles. The van der Waals surface area contributed by atoms with Crippen molar-refractivity contribution in [1.82, 2.24) is 19.3 Å². The van der Waals surface area contributed by atoms with E-state index < -0.39 is 0 Å². The highest BCUT2D eigenvalue weighted by molar-refractivity contribution is 9.10. The Balaban J connectivity index is 1.78. The Hall–Kier alpha value is -2.12. The van der Waals surface area contributed by atoms with Gasteiger partial charge in [0.05, 0.1) is 22.3 Å². The van der Waals surface area contributed by atoms with Crippen LogP contribution in [-0.2, 0) is 4.79 Å². The summed E-state index contributed by atoms with van der Waals surface area (Å²) in [5.74, 6) is 0.477. The minimum Gasteiger partial charge on any atom is -0.345 e. The highest BCUT2D eigenvalue weighted by Crippen LogP contribution is 2.30. The standard InChI is InChI=1S/C21H21BrN4OS/c1-3-4-11-25(2)19(27)13-28-21-24-16-10-9-14(22)12-15(16)20-23-17-7-5-6-8-18(17)26(20)21/h5-10,12H,3-4,11,13H2,1-2H3. The van der Waals surface area contributed by atoms with Crippen molar-refractivity contribution in [1.29, 1.82) is 0 Å². The minimum atomic E-state index is 0.119. The number of para-hydroxylation sites is 2. The van der Waals surface area contributed by atoms with Crippen molar-refractivity contribution in [3.8, 4) is 0 Å². The molecule has 0 fully saturated rings. The number of fused-ring (bicyclic) bond motifs is 5. The molecule has 0 spiro atoms. The Labute approximate surface area is 176 Å². The molecule has 7 heteroatoms. The first-order chi connectivity index (χ1) is 13.6. The molecule has 0 radical (unpaired) electrons. The van der Waals surface area contributed by atoms with E-state index in [2.05, 4.69) is 27.3 Å². The number of benzene rings is 2. The number of carbonyl (C=O) groups is 1. The van der Waals surface area contributed by atoms with Crippen LogP contribution in [0.3, 0.4) is 0 Å². The van der Waals surface area contributed by atoms with Crippen LogP contribution in [0.4, 0.5) is 0 Å². The Morgan fingerprint density at radius 2 is 2.00 bits per heavy atom. The van der Waals surface area contributed by atoms with E-state index in [0.717, 1.165) is 56.6 Å². The molecule has 0 atom stereocenters. The third kappa shape index (κ3) is 3.61. The van der Waals surface area contributed by atoms with Gasteiger partial charge in [-0.3, -0.25) is 9.20 Å². The number of hydrogen-bond donors (Lipinski definition) is 0. The van der Waals surface area contributed by atoms with Crippen molar-refractivity contribution in [2.75, 3.05) is 19.3 Å². The van der Waals surface area contributed by atoms with Crippen molar-refractivity contribution in [2.45, 2.75) is 24.9 Å². The molecule has 28 heavy (non-hydrogen) atoms. The predicted molar refractivity (Wildman–Crippen MR) is 119 cm³/mol. The third-order valence-electron chi connectivity index (χ3n) is 4.77. The van der Waals surface area contributed by atoms with Crippen molar-refractivity contribution in [3.63, 3.8) is 0 Å². The van der Waals surface area contributed by atoms with Crippen LogP contribution in [-0.4, -0.2) is 44.5 Å². The molecule has 2 aromatic heterocycles. The number of rotatable bonds is 6. The maximum atomic E-state index is 12.5. The summed E-state index contributed by atoms with van der Waals surface area (Å²) in [7, 11) is 1.87. The first-order valence-corrected chi connectivity index (χ1v) is 11.1. The van der Waals surface area contributed by atoms with E-state index in [0.29, 0.717) is 5.75 Å². The monoisotopic (exact) mass is 456 g/mol. The highest BCUT2D eigenvalue weighted by Gasteiger charge is 2.16. The second-order valence-corrected chi connectivity index (χ2v) is 8.63. The van der Waals surface area contributed by atoms with E-state index in [1.165, 1.54) is 11.8 Å². The van der Waals surface area contributed by atoms with Gasteiger partial charge in [0.2, 0.25) is 5.91 Å². The van der Waals surface area contributed by atoms with Gasteiger partial charge in [-0.05, 0) is 36.8 Å². The minimum absolute atomic E-state index is 0.119. The quantitative estimate of drug-likeness (QED) is 0.297. The van der Waals surface area contributed by atoms with Gasteiger partial charge in [0, 0.05) is 23.5 Å². The zero-order valence-corrected chi connectivity index (χ0v) is 18.3. The van der Waals surface area contributed by atoms with E-state index in [-0.39, 0.29) is 5.91 Å². The number of thioether (sulfide) groups is 1. The van der Waals surface area contributed by atoms with E-state index in [1.54, 1.807) is 4.90 Å². The van der Waals surface area contributed by atoms with Gasteiger partial charge < -0.3 is 4.90 Å². The smallest absolute Gasteiger partial charge is 0.232 e. The molecule has 2 heterocycles. The van der Waals surface area contributed by atoms with Gasteiger partial charge in [-0.2, -0.15) is 0 Å². The maximum absolute atomic E-state index is 12.5. The van der Waals surface area contributed by atoms with Crippen LogP contribution in [0.2, 0.25) is 0 Å². The first kappa shape index (κ1) is 19.2. The lowest BCUT2D eigenvalue weighted by atomic mass is 10.2. The van der Waals surface area contributed by atoms with Gasteiger partial charge in [0.1, 0.15) is 5.65 Å². The van der Waals surface area contributed by atoms with Gasteiger partial charge >= 0.3 is 0 Å². The van der Waals surface area contributed by atoms with Crippen LogP contribution in [0.1, 0.15) is 19.8 Å². The SMILES string of the molecule is CCCCN(C)C(=O)CSc1nc2ccc(Br)cc2c2nc3ccccc3n12. The summed E-state index contributed by atoms with van der Waals surface area (Å²) in [6.45, 7) is 2.92. The number of nitrogens with zero attached hydrogens (tertiary/aromatic N) is 4. The topological polar surface area (TPSA) is 50.5 Å². The Morgan fingerprint density at radius 1 is 1.18 bits per heavy atom. The summed E-state index contributed by atoms with van der Waals surface area (Å²) < 4.78 is 3.05. The van der Waals surface area contributed by atoms with Crippen molar-refractivity contribution in [3.05, 3.63) is 46.9 Å². The molecule has 0 bridgehead atoms. The molecule has 0 aliphatic heterocycles. The molecule has 0 N–H and O–H groups in total. The number of unbranched alkanes of at least 4 members (excludes halogenated alkanes) is 1. The second kappa shape index (κ2) is 8.09. The summed E-state index contributed by atoms with van der Waals surface area (Å²) in [5.41, 5.74) is 3.66. The summed E-state index contributed by atoms with van der Waals surface area (Å²) in [6, 6.07) is 14.0. The number of aromatic nitrogens is 3. The number of imidazole rings is 1. The number of amides is 1. The summed E-state index contributed by atoms with van der Waals surface area (Å²) in [4.78, 5) is 24.0. The lowest BCUT2D eigenvalue weighted by Crippen LogP contribution is -2.29. The molecule has 5 nitrogen and oxygen atoms in total. The first-order valence-electron chi connectivity index (χ1n) is 9.31. The average Bonchev–Trinajstić information content (AvgIpc) is 3.10. The summed E-state index contributed by atoms with van der Waals surface area (Å²) in [5, 5.41) is 1.78. The third-order valence-corrected chi connectivity index (χ3v) is 6.18. The molecule has 4 aromatic rings. The van der Waals surface area contributed by atoms with Crippen LogP contribution in [0.5, 0.6) is 0 Å². The van der Waals surface area contributed by atoms with E-state index >= 15 is 0 Å². The summed E-state index contributed by atoms with van der Waals surface area (Å²) >= 11 is 5.01. The van der Waals surface area contributed by atoms with Gasteiger partial charge in [-0.25, -0.2) is 9.97 Å². The molecule has 144 valence electrons. The van der Waals surface area contributed by atoms with E-state index in [4.69, 9.17) is 9.97 Å². The molecule has 2 aromatic carbocycles. The number of carbonyl (C=O) groups excluding carboxylic acids is 1. The Kier molecular flexibility index (Phi) is 5.55. The van der Waals surface area contributed by atoms with E-state index in [1.807, 2.05) is 49.5 Å². The average molecular weight is 457 g/mol. The van der Waals surface area contributed by atoms with Crippen LogP contribution >= 0.6 is 27.7 Å². The zero-order valence-electron chi connectivity index (χ0n) is 15.9. The number of hydrogen-bond acceptors (Lipinski definition) is 4. The summed E-state index contributed by atoms with van der Waals surface area (Å²) in [6.07, 6.45) is 2.10. The van der Waals surface area contributed by atoms with Crippen molar-refractivity contribution >= 4 is 61.2 Å². The number of halogens is 1. The molecule has 0 unspecified atom stereocenters.